The molecule has 2 N–H and O–H groups in total. The summed E-state index contributed by atoms with van der Waals surface area (Å²) in [6.45, 7) is 0. The molecule has 0 saturated heterocycles. The predicted octanol–water partition coefficient (Wildman–Crippen LogP) is 1.59. The Hall–Kier alpha value is -1.17. The molecule has 82 valence electrons. The van der Waals surface area contributed by atoms with Crippen molar-refractivity contribution in [2.45, 2.75) is 31.7 Å². The lowest BCUT2D eigenvalue weighted by Gasteiger charge is -2.27. The smallest absolute Gasteiger partial charge is 0.306 e. The Morgan fingerprint density at radius 1 is 1.60 bits per heavy atom. The fourth-order valence-corrected chi connectivity index (χ4v) is 2.47. The molecule has 1 aliphatic carbocycles. The monoisotopic (exact) mass is 227 g/mol. The highest BCUT2D eigenvalue weighted by atomic mass is 32.1. The molecule has 15 heavy (non-hydrogen) atoms. The number of hydrogen-bond donors (Lipinski definition) is 2. The van der Waals surface area contributed by atoms with Gasteiger partial charge in [0.1, 0.15) is 5.00 Å². The van der Waals surface area contributed by atoms with Crippen LogP contribution in [0.25, 0.3) is 0 Å². The third-order valence-electron chi connectivity index (χ3n) is 2.73. The molecule has 0 amide bonds. The zero-order valence-corrected chi connectivity index (χ0v) is 9.04. The van der Waals surface area contributed by atoms with Crippen molar-refractivity contribution >= 4 is 22.5 Å². The summed E-state index contributed by atoms with van der Waals surface area (Å²) >= 11 is 1.31. The molecule has 2 unspecified atom stereocenters. The molecular weight excluding hydrogens is 214 g/mol. The first-order chi connectivity index (χ1) is 7.25. The molecule has 1 heterocycles. The third-order valence-corrected chi connectivity index (χ3v) is 3.33. The summed E-state index contributed by atoms with van der Waals surface area (Å²) in [5, 5.41) is 16.9. The van der Waals surface area contributed by atoms with Gasteiger partial charge in [0, 0.05) is 17.6 Å². The van der Waals surface area contributed by atoms with Gasteiger partial charge in [-0.15, -0.1) is 5.10 Å². The van der Waals surface area contributed by atoms with E-state index in [0.717, 1.165) is 24.3 Å². The van der Waals surface area contributed by atoms with Crippen LogP contribution in [0.2, 0.25) is 0 Å². The van der Waals surface area contributed by atoms with Crippen LogP contribution in [0.3, 0.4) is 0 Å². The lowest BCUT2D eigenvalue weighted by Crippen LogP contribution is -2.30. The molecule has 0 aromatic carbocycles. The quantitative estimate of drug-likeness (QED) is 0.820. The number of carboxylic acids is 1. The van der Waals surface area contributed by atoms with E-state index in [1.165, 1.54) is 11.5 Å². The molecule has 1 fully saturated rings. The minimum Gasteiger partial charge on any atom is -0.481 e. The van der Waals surface area contributed by atoms with Gasteiger partial charge in [0.15, 0.2) is 0 Å². The Morgan fingerprint density at radius 2 is 2.47 bits per heavy atom. The number of rotatable bonds is 3. The average Bonchev–Trinajstić information content (AvgIpc) is 2.71. The highest BCUT2D eigenvalue weighted by Gasteiger charge is 2.26. The van der Waals surface area contributed by atoms with Gasteiger partial charge in [0.05, 0.1) is 12.1 Å². The Kier molecular flexibility index (Phi) is 3.15. The van der Waals surface area contributed by atoms with E-state index in [1.807, 2.05) is 0 Å². The lowest BCUT2D eigenvalue weighted by atomic mass is 9.86. The zero-order valence-electron chi connectivity index (χ0n) is 8.22. The van der Waals surface area contributed by atoms with Crippen LogP contribution in [-0.4, -0.2) is 26.7 Å². The number of hydrogen-bond acceptors (Lipinski definition) is 5. The molecule has 1 aromatic heterocycles. The van der Waals surface area contributed by atoms with Crippen molar-refractivity contribution in [3.05, 3.63) is 6.20 Å². The molecule has 0 radical (unpaired) electrons. The van der Waals surface area contributed by atoms with Crippen LogP contribution in [-0.2, 0) is 4.79 Å². The standard InChI is InChI=1S/C9H13N3O2S/c13-9(14)6-2-1-3-7(4-6)11-8-5-10-12-15-8/h5-7,11H,1-4H2,(H,13,14). The molecular formula is C9H13N3O2S. The maximum Gasteiger partial charge on any atom is 0.306 e. The molecule has 0 spiro atoms. The van der Waals surface area contributed by atoms with E-state index in [2.05, 4.69) is 14.9 Å². The van der Waals surface area contributed by atoms with E-state index in [1.54, 1.807) is 6.20 Å². The number of aromatic nitrogens is 2. The summed E-state index contributed by atoms with van der Waals surface area (Å²) < 4.78 is 3.75. The maximum atomic E-state index is 10.9. The average molecular weight is 227 g/mol. The molecule has 2 atom stereocenters. The van der Waals surface area contributed by atoms with Crippen molar-refractivity contribution in [1.82, 2.24) is 9.59 Å². The van der Waals surface area contributed by atoms with Gasteiger partial charge >= 0.3 is 5.97 Å². The minimum atomic E-state index is -0.677. The van der Waals surface area contributed by atoms with Gasteiger partial charge in [-0.2, -0.15) is 0 Å². The van der Waals surface area contributed by atoms with Crippen molar-refractivity contribution in [2.75, 3.05) is 5.32 Å². The molecule has 0 aliphatic heterocycles. The summed E-state index contributed by atoms with van der Waals surface area (Å²) in [4.78, 5) is 10.9. The first-order valence-electron chi connectivity index (χ1n) is 5.02. The Morgan fingerprint density at radius 3 is 3.13 bits per heavy atom. The van der Waals surface area contributed by atoms with Crippen molar-refractivity contribution in [3.63, 3.8) is 0 Å². The van der Waals surface area contributed by atoms with Crippen molar-refractivity contribution in [2.24, 2.45) is 5.92 Å². The second kappa shape index (κ2) is 4.57. The normalized spacial score (nSPS) is 26.1. The number of nitrogens with one attached hydrogen (secondary N) is 1. The molecule has 1 aliphatic rings. The number of aliphatic carboxylic acids is 1. The fraction of sp³-hybridized carbons (Fsp3) is 0.667. The first-order valence-corrected chi connectivity index (χ1v) is 5.80. The van der Waals surface area contributed by atoms with Crippen LogP contribution in [0.1, 0.15) is 25.7 Å². The van der Waals surface area contributed by atoms with Gasteiger partial charge in [0.2, 0.25) is 0 Å². The zero-order chi connectivity index (χ0) is 10.7. The molecule has 6 heteroatoms. The lowest BCUT2D eigenvalue weighted by molar-refractivity contribution is -0.142. The maximum absolute atomic E-state index is 10.9. The summed E-state index contributed by atoms with van der Waals surface area (Å²) in [6.07, 6.45) is 5.18. The van der Waals surface area contributed by atoms with E-state index >= 15 is 0 Å². The highest BCUT2D eigenvalue weighted by Crippen LogP contribution is 2.27. The van der Waals surface area contributed by atoms with E-state index in [9.17, 15) is 4.79 Å². The number of anilines is 1. The summed E-state index contributed by atoms with van der Waals surface area (Å²) in [5.41, 5.74) is 0. The number of carbonyl (C=O) groups is 1. The second-order valence-corrected chi connectivity index (χ2v) is 4.61. The Bertz CT molecular complexity index is 328. The molecule has 1 aromatic rings. The number of nitrogens with zero attached hydrogens (tertiary/aromatic N) is 2. The van der Waals surface area contributed by atoms with E-state index in [4.69, 9.17) is 5.11 Å². The SMILES string of the molecule is O=C(O)C1CCCC(Nc2cnns2)C1. The van der Waals surface area contributed by atoms with Crippen molar-refractivity contribution in [3.8, 4) is 0 Å². The third kappa shape index (κ3) is 2.65. The van der Waals surface area contributed by atoms with Gasteiger partial charge in [-0.1, -0.05) is 10.9 Å². The molecule has 2 rings (SSSR count). The first kappa shape index (κ1) is 10.4. The Labute approximate surface area is 91.7 Å². The highest BCUT2D eigenvalue weighted by molar-refractivity contribution is 7.09. The summed E-state index contributed by atoms with van der Waals surface area (Å²) in [6, 6.07) is 0.252. The predicted molar refractivity (Wildman–Crippen MR) is 56.9 cm³/mol. The fourth-order valence-electron chi connectivity index (χ4n) is 1.98. The molecule has 1 saturated carbocycles. The Balaban J connectivity index is 1.90. The molecule has 0 bridgehead atoms. The van der Waals surface area contributed by atoms with Crippen molar-refractivity contribution in [1.29, 1.82) is 0 Å². The van der Waals surface area contributed by atoms with Crippen LogP contribution in [0.15, 0.2) is 6.20 Å². The van der Waals surface area contributed by atoms with Crippen LogP contribution in [0.5, 0.6) is 0 Å². The van der Waals surface area contributed by atoms with Gasteiger partial charge in [-0.25, -0.2) is 0 Å². The largest absolute Gasteiger partial charge is 0.481 e. The van der Waals surface area contributed by atoms with Gasteiger partial charge in [-0.05, 0) is 19.3 Å². The topological polar surface area (TPSA) is 75.1 Å². The molecule has 5 nitrogen and oxygen atoms in total. The van der Waals surface area contributed by atoms with Crippen LogP contribution in [0, 0.1) is 5.92 Å². The van der Waals surface area contributed by atoms with E-state index in [-0.39, 0.29) is 12.0 Å². The summed E-state index contributed by atoms with van der Waals surface area (Å²) in [7, 11) is 0. The van der Waals surface area contributed by atoms with Crippen LogP contribution in [0.4, 0.5) is 5.00 Å². The van der Waals surface area contributed by atoms with Gasteiger partial charge in [0.25, 0.3) is 0 Å². The number of carboxylic acid groups (broad SMARTS) is 1. The van der Waals surface area contributed by atoms with Gasteiger partial charge < -0.3 is 10.4 Å². The second-order valence-electron chi connectivity index (χ2n) is 3.82. The van der Waals surface area contributed by atoms with E-state index in [0.29, 0.717) is 6.42 Å². The minimum absolute atomic E-state index is 0.197. The van der Waals surface area contributed by atoms with Crippen LogP contribution < -0.4 is 5.32 Å². The summed E-state index contributed by atoms with van der Waals surface area (Å²) in [5.74, 6) is -0.874. The van der Waals surface area contributed by atoms with E-state index < -0.39 is 5.97 Å². The van der Waals surface area contributed by atoms with Crippen LogP contribution >= 0.6 is 11.5 Å². The van der Waals surface area contributed by atoms with Crippen molar-refractivity contribution < 1.29 is 9.90 Å². The van der Waals surface area contributed by atoms with Gasteiger partial charge in [-0.3, -0.25) is 4.79 Å².